The SMILES string of the molecule is C=CC[C@H]1CN(C(=O)OC(C)(C)C)C[C@@]1(N=[N+]=[N-])C(=O)OCc1ccccc1. The zero-order valence-corrected chi connectivity index (χ0v) is 16.5. The number of hydrogen-bond donors (Lipinski definition) is 0. The molecule has 0 radical (unpaired) electrons. The van der Waals surface area contributed by atoms with Gasteiger partial charge < -0.3 is 14.4 Å². The van der Waals surface area contributed by atoms with Crippen LogP contribution in [0, 0.1) is 5.92 Å². The Morgan fingerprint density at radius 3 is 2.64 bits per heavy atom. The van der Waals surface area contributed by atoms with Gasteiger partial charge in [0.25, 0.3) is 0 Å². The molecule has 1 aliphatic heterocycles. The van der Waals surface area contributed by atoms with Crippen LogP contribution >= 0.6 is 0 Å². The van der Waals surface area contributed by atoms with Gasteiger partial charge in [0.2, 0.25) is 0 Å². The normalized spacial score (nSPS) is 21.5. The predicted octanol–water partition coefficient (Wildman–Crippen LogP) is 4.22. The number of benzene rings is 1. The van der Waals surface area contributed by atoms with Crippen molar-refractivity contribution in [2.45, 2.75) is 44.9 Å². The fourth-order valence-corrected chi connectivity index (χ4v) is 3.15. The average Bonchev–Trinajstić information content (AvgIpc) is 3.00. The third kappa shape index (κ3) is 5.04. The molecule has 28 heavy (non-hydrogen) atoms. The van der Waals surface area contributed by atoms with E-state index in [1.54, 1.807) is 26.8 Å². The molecule has 0 unspecified atom stereocenters. The first-order valence-electron chi connectivity index (χ1n) is 9.08. The van der Waals surface area contributed by atoms with Crippen LogP contribution in [0.5, 0.6) is 0 Å². The van der Waals surface area contributed by atoms with Gasteiger partial charge >= 0.3 is 12.1 Å². The smallest absolute Gasteiger partial charge is 0.410 e. The number of allylic oxidation sites excluding steroid dienone is 1. The second kappa shape index (κ2) is 8.80. The predicted molar refractivity (Wildman–Crippen MR) is 104 cm³/mol. The molecule has 1 aromatic rings. The highest BCUT2D eigenvalue weighted by atomic mass is 16.6. The molecule has 8 nitrogen and oxygen atoms in total. The maximum Gasteiger partial charge on any atom is 0.410 e. The maximum absolute atomic E-state index is 13.0. The first-order chi connectivity index (χ1) is 13.2. The summed E-state index contributed by atoms with van der Waals surface area (Å²) in [5, 5.41) is 3.81. The minimum atomic E-state index is -1.52. The number of esters is 1. The molecular weight excluding hydrogens is 360 g/mol. The van der Waals surface area contributed by atoms with E-state index in [2.05, 4.69) is 16.6 Å². The fraction of sp³-hybridized carbons (Fsp3) is 0.500. The first-order valence-corrected chi connectivity index (χ1v) is 9.08. The summed E-state index contributed by atoms with van der Waals surface area (Å²) >= 11 is 0. The maximum atomic E-state index is 13.0. The molecule has 8 heteroatoms. The number of nitrogens with zero attached hydrogens (tertiary/aromatic N) is 4. The molecule has 1 aliphatic rings. The van der Waals surface area contributed by atoms with Gasteiger partial charge in [0.1, 0.15) is 12.2 Å². The third-order valence-corrected chi connectivity index (χ3v) is 4.44. The van der Waals surface area contributed by atoms with Crippen LogP contribution in [0.15, 0.2) is 48.1 Å². The van der Waals surface area contributed by atoms with E-state index in [4.69, 9.17) is 15.0 Å². The van der Waals surface area contributed by atoms with Gasteiger partial charge in [-0.1, -0.05) is 41.5 Å². The summed E-state index contributed by atoms with van der Waals surface area (Å²) in [7, 11) is 0. The molecule has 1 heterocycles. The fourth-order valence-electron chi connectivity index (χ4n) is 3.15. The molecule has 0 spiro atoms. The third-order valence-electron chi connectivity index (χ3n) is 4.44. The summed E-state index contributed by atoms with van der Waals surface area (Å²) in [5.41, 5.74) is 7.73. The zero-order valence-electron chi connectivity index (χ0n) is 16.5. The molecule has 1 saturated heterocycles. The number of ether oxygens (including phenoxy) is 2. The standard InChI is InChI=1S/C20H26N4O4/c1-5-9-16-12-24(18(26)28-19(2,3)4)14-20(16,22-23-21)17(25)27-13-15-10-7-6-8-11-15/h5-8,10-11,16H,1,9,12-14H2,2-4H3/t16-,20-/m0/s1. The molecule has 1 amide bonds. The van der Waals surface area contributed by atoms with Gasteiger partial charge in [-0.05, 0) is 38.3 Å². The number of amides is 1. The molecule has 0 aliphatic carbocycles. The lowest BCUT2D eigenvalue weighted by Crippen LogP contribution is -2.46. The van der Waals surface area contributed by atoms with Gasteiger partial charge in [0.05, 0.1) is 0 Å². The van der Waals surface area contributed by atoms with Gasteiger partial charge in [0, 0.05) is 23.9 Å². The Bertz CT molecular complexity index is 768. The van der Waals surface area contributed by atoms with Crippen LogP contribution in [0.3, 0.4) is 0 Å². The highest BCUT2D eigenvalue weighted by Crippen LogP contribution is 2.36. The van der Waals surface area contributed by atoms with Crippen molar-refractivity contribution >= 4 is 12.1 Å². The minimum Gasteiger partial charge on any atom is -0.460 e. The molecular formula is C20H26N4O4. The molecule has 1 aromatic carbocycles. The van der Waals surface area contributed by atoms with Crippen molar-refractivity contribution < 1.29 is 19.1 Å². The quantitative estimate of drug-likeness (QED) is 0.240. The lowest BCUT2D eigenvalue weighted by atomic mass is 9.85. The minimum absolute atomic E-state index is 0.0512. The Balaban J connectivity index is 2.24. The summed E-state index contributed by atoms with van der Waals surface area (Å²) in [5.74, 6) is -1.11. The first kappa shape index (κ1) is 21.3. The van der Waals surface area contributed by atoms with Gasteiger partial charge in [-0.15, -0.1) is 6.58 Å². The number of carbonyl (C=O) groups excluding carboxylic acids is 2. The van der Waals surface area contributed by atoms with E-state index in [1.165, 1.54) is 4.90 Å². The lowest BCUT2D eigenvalue weighted by molar-refractivity contribution is -0.152. The van der Waals surface area contributed by atoms with Crippen LogP contribution in [0.2, 0.25) is 0 Å². The number of carbonyl (C=O) groups is 2. The Morgan fingerprint density at radius 2 is 2.07 bits per heavy atom. The van der Waals surface area contributed by atoms with E-state index < -0.39 is 29.1 Å². The zero-order chi connectivity index (χ0) is 20.8. The van der Waals surface area contributed by atoms with E-state index in [9.17, 15) is 9.59 Å². The second-order valence-corrected chi connectivity index (χ2v) is 7.76. The summed E-state index contributed by atoms with van der Waals surface area (Å²) in [6, 6.07) is 9.20. The van der Waals surface area contributed by atoms with E-state index in [1.807, 2.05) is 30.3 Å². The van der Waals surface area contributed by atoms with E-state index >= 15 is 0 Å². The van der Waals surface area contributed by atoms with Crippen LogP contribution in [-0.4, -0.2) is 41.2 Å². The number of rotatable bonds is 6. The van der Waals surface area contributed by atoms with Crippen LogP contribution in [0.1, 0.15) is 32.8 Å². The topological polar surface area (TPSA) is 105 Å². The summed E-state index contributed by atoms with van der Waals surface area (Å²) in [6.45, 7) is 9.15. The van der Waals surface area contributed by atoms with Gasteiger partial charge in [-0.3, -0.25) is 4.79 Å². The van der Waals surface area contributed by atoms with E-state index in [0.29, 0.717) is 6.42 Å². The van der Waals surface area contributed by atoms with Crippen molar-refractivity contribution in [1.82, 2.24) is 4.90 Å². The van der Waals surface area contributed by atoms with Crippen LogP contribution in [-0.2, 0) is 20.9 Å². The second-order valence-electron chi connectivity index (χ2n) is 7.76. The van der Waals surface area contributed by atoms with E-state index in [-0.39, 0.29) is 19.7 Å². The van der Waals surface area contributed by atoms with E-state index in [0.717, 1.165) is 5.56 Å². The molecule has 2 rings (SSSR count). The molecule has 0 N–H and O–H groups in total. The van der Waals surface area contributed by atoms with Crippen LogP contribution in [0.4, 0.5) is 4.79 Å². The highest BCUT2D eigenvalue weighted by Gasteiger charge is 2.54. The molecule has 0 bridgehead atoms. The largest absolute Gasteiger partial charge is 0.460 e. The van der Waals surface area contributed by atoms with Crippen molar-refractivity contribution in [1.29, 1.82) is 0 Å². The lowest BCUT2D eigenvalue weighted by Gasteiger charge is -2.27. The molecule has 0 saturated carbocycles. The summed E-state index contributed by atoms with van der Waals surface area (Å²) < 4.78 is 10.9. The van der Waals surface area contributed by atoms with Crippen LogP contribution in [0.25, 0.3) is 10.4 Å². The Kier molecular flexibility index (Phi) is 6.70. The molecule has 0 aromatic heterocycles. The monoisotopic (exact) mass is 386 g/mol. The number of likely N-dealkylation sites (tertiary alicyclic amines) is 1. The number of hydrogen-bond acceptors (Lipinski definition) is 5. The van der Waals surface area contributed by atoms with Crippen molar-refractivity contribution in [2.24, 2.45) is 11.0 Å². The van der Waals surface area contributed by atoms with Gasteiger partial charge in [-0.25, -0.2) is 4.79 Å². The average molecular weight is 386 g/mol. The van der Waals surface area contributed by atoms with Crippen molar-refractivity contribution in [3.8, 4) is 0 Å². The Labute approximate surface area is 164 Å². The molecule has 2 atom stereocenters. The highest BCUT2D eigenvalue weighted by molar-refractivity contribution is 5.84. The van der Waals surface area contributed by atoms with Crippen molar-refractivity contribution in [3.05, 3.63) is 59.0 Å². The molecule has 1 fully saturated rings. The Morgan fingerprint density at radius 1 is 1.39 bits per heavy atom. The van der Waals surface area contributed by atoms with Crippen LogP contribution < -0.4 is 0 Å². The van der Waals surface area contributed by atoms with Gasteiger partial charge in [-0.2, -0.15) is 0 Å². The summed E-state index contributed by atoms with van der Waals surface area (Å²) in [6.07, 6.45) is 1.46. The Hall–Kier alpha value is -2.99. The summed E-state index contributed by atoms with van der Waals surface area (Å²) in [4.78, 5) is 29.7. The van der Waals surface area contributed by atoms with Crippen molar-refractivity contribution in [3.63, 3.8) is 0 Å². The van der Waals surface area contributed by atoms with Gasteiger partial charge in [0.15, 0.2) is 5.54 Å². The molecule has 150 valence electrons. The number of azide groups is 1. The van der Waals surface area contributed by atoms with Crippen molar-refractivity contribution in [2.75, 3.05) is 13.1 Å².